The number of nitrogens with one attached hydrogen (secondary N) is 1. The van der Waals surface area contributed by atoms with Crippen LogP contribution in [0.1, 0.15) is 25.3 Å². The lowest BCUT2D eigenvalue weighted by atomic mass is 9.99. The van der Waals surface area contributed by atoms with Crippen molar-refractivity contribution in [3.05, 3.63) is 29.8 Å². The summed E-state index contributed by atoms with van der Waals surface area (Å²) in [5.41, 5.74) is 0.475. The first kappa shape index (κ1) is 21.9. The Morgan fingerprint density at radius 1 is 1.29 bits per heavy atom. The predicted octanol–water partition coefficient (Wildman–Crippen LogP) is 1.42. The molecule has 0 unspecified atom stereocenters. The molecule has 1 amide bonds. The molecule has 0 spiro atoms. The molecule has 0 bridgehead atoms. The Kier molecular flexibility index (Phi) is 7.59. The van der Waals surface area contributed by atoms with E-state index in [1.165, 1.54) is 32.4 Å². The van der Waals surface area contributed by atoms with Crippen molar-refractivity contribution in [2.75, 3.05) is 33.9 Å². The number of hydrogen-bond acceptors (Lipinski definition) is 6. The fraction of sp³-hybridized carbons (Fsp3) is 0.474. The number of carbonyl (C=O) groups is 2. The van der Waals surface area contributed by atoms with E-state index < -0.39 is 16.0 Å². The number of esters is 1. The maximum absolute atomic E-state index is 12.1. The first-order valence-corrected chi connectivity index (χ1v) is 10.5. The van der Waals surface area contributed by atoms with Gasteiger partial charge in [0, 0.05) is 19.2 Å². The van der Waals surface area contributed by atoms with Gasteiger partial charge in [0.25, 0.3) is 5.91 Å². The third-order valence-electron chi connectivity index (χ3n) is 4.63. The summed E-state index contributed by atoms with van der Waals surface area (Å²) in [7, 11) is -1.04. The number of piperidine rings is 1. The lowest BCUT2D eigenvalue weighted by Crippen LogP contribution is -2.40. The van der Waals surface area contributed by atoms with Crippen molar-refractivity contribution in [1.82, 2.24) is 9.62 Å². The molecule has 9 heteroatoms. The van der Waals surface area contributed by atoms with Gasteiger partial charge in [0.2, 0.25) is 10.0 Å². The number of amides is 1. The van der Waals surface area contributed by atoms with Gasteiger partial charge in [0.05, 0.1) is 7.11 Å². The summed E-state index contributed by atoms with van der Waals surface area (Å²) >= 11 is 0. The molecule has 154 valence electrons. The van der Waals surface area contributed by atoms with E-state index in [-0.39, 0.29) is 23.2 Å². The zero-order valence-electron chi connectivity index (χ0n) is 16.3. The number of likely N-dealkylation sites (tertiary alicyclic amines) is 1. The van der Waals surface area contributed by atoms with E-state index >= 15 is 0 Å². The molecule has 1 N–H and O–H groups in total. The van der Waals surface area contributed by atoms with Gasteiger partial charge in [-0.3, -0.25) is 4.79 Å². The number of ether oxygens (including phenoxy) is 2. The van der Waals surface area contributed by atoms with Gasteiger partial charge < -0.3 is 14.4 Å². The largest absolute Gasteiger partial charge is 0.495 e. The minimum Gasteiger partial charge on any atom is -0.495 e. The van der Waals surface area contributed by atoms with Crippen molar-refractivity contribution >= 4 is 28.0 Å². The molecule has 1 aromatic carbocycles. The monoisotopic (exact) mass is 410 g/mol. The molecular formula is C19H26N2O6S. The predicted molar refractivity (Wildman–Crippen MR) is 104 cm³/mol. The van der Waals surface area contributed by atoms with Gasteiger partial charge >= 0.3 is 5.97 Å². The average molecular weight is 410 g/mol. The maximum Gasteiger partial charge on any atom is 0.331 e. The number of sulfonamides is 1. The zero-order chi connectivity index (χ0) is 20.7. The van der Waals surface area contributed by atoms with E-state index in [2.05, 4.69) is 11.6 Å². The van der Waals surface area contributed by atoms with Crippen molar-refractivity contribution < 1.29 is 27.5 Å². The van der Waals surface area contributed by atoms with Crippen LogP contribution in [-0.4, -0.2) is 59.0 Å². The van der Waals surface area contributed by atoms with Gasteiger partial charge in [-0.25, -0.2) is 17.9 Å². The van der Waals surface area contributed by atoms with E-state index in [0.29, 0.717) is 24.6 Å². The highest BCUT2D eigenvalue weighted by Gasteiger charge is 2.21. The van der Waals surface area contributed by atoms with Crippen LogP contribution in [0, 0.1) is 5.92 Å². The van der Waals surface area contributed by atoms with E-state index in [1.807, 2.05) is 0 Å². The molecule has 0 aromatic heterocycles. The van der Waals surface area contributed by atoms with Crippen molar-refractivity contribution in [2.45, 2.75) is 24.7 Å². The molecule has 1 aliphatic heterocycles. The fourth-order valence-corrected chi connectivity index (χ4v) is 3.74. The summed E-state index contributed by atoms with van der Waals surface area (Å²) in [6.45, 7) is 3.21. The number of hydrogen-bond donors (Lipinski definition) is 1. The second kappa shape index (κ2) is 9.70. The molecule has 0 aliphatic carbocycles. The number of methoxy groups -OCH3 is 1. The van der Waals surface area contributed by atoms with E-state index in [9.17, 15) is 18.0 Å². The van der Waals surface area contributed by atoms with Crippen LogP contribution in [0.5, 0.6) is 5.75 Å². The molecule has 1 fully saturated rings. The lowest BCUT2D eigenvalue weighted by molar-refractivity contribution is -0.148. The molecule has 0 radical (unpaired) electrons. The minimum absolute atomic E-state index is 0.0393. The highest BCUT2D eigenvalue weighted by molar-refractivity contribution is 7.89. The van der Waals surface area contributed by atoms with Gasteiger partial charge in [-0.15, -0.1) is 0 Å². The van der Waals surface area contributed by atoms with Crippen molar-refractivity contribution in [2.24, 2.45) is 5.92 Å². The molecule has 8 nitrogen and oxygen atoms in total. The molecular weight excluding hydrogens is 384 g/mol. The Hall–Kier alpha value is -2.39. The second-order valence-corrected chi connectivity index (χ2v) is 8.48. The fourth-order valence-electron chi connectivity index (χ4n) is 2.81. The quantitative estimate of drug-likeness (QED) is 0.539. The summed E-state index contributed by atoms with van der Waals surface area (Å²) in [6, 6.07) is 4.49. The van der Waals surface area contributed by atoms with Crippen LogP contribution in [0.25, 0.3) is 6.08 Å². The Morgan fingerprint density at radius 3 is 2.57 bits per heavy atom. The first-order chi connectivity index (χ1) is 13.3. The lowest BCUT2D eigenvalue weighted by Gasteiger charge is -2.30. The Morgan fingerprint density at radius 2 is 1.96 bits per heavy atom. The SMILES string of the molecule is CNS(=O)(=O)c1cc(/C=C/C(=O)OCC(=O)N2CCC(C)CC2)ccc1OC. The summed E-state index contributed by atoms with van der Waals surface area (Å²) in [5.74, 6) is -0.0840. The normalized spacial score (nSPS) is 15.6. The standard InChI is InChI=1S/C19H26N2O6S/c1-14-8-10-21(11-9-14)18(22)13-27-19(23)7-5-15-4-6-16(26-3)17(12-15)28(24,25)20-2/h4-7,12,14,20H,8-11,13H2,1-3H3/b7-5+. The summed E-state index contributed by atoms with van der Waals surface area (Å²) < 4.78 is 36.4. The van der Waals surface area contributed by atoms with Crippen molar-refractivity contribution in [3.63, 3.8) is 0 Å². The molecule has 1 aromatic rings. The highest BCUT2D eigenvalue weighted by atomic mass is 32.2. The highest BCUT2D eigenvalue weighted by Crippen LogP contribution is 2.25. The van der Waals surface area contributed by atoms with Crippen LogP contribution in [0.4, 0.5) is 0 Å². The van der Waals surface area contributed by atoms with Crippen LogP contribution in [0.15, 0.2) is 29.2 Å². The van der Waals surface area contributed by atoms with Crippen LogP contribution in [0.2, 0.25) is 0 Å². The van der Waals surface area contributed by atoms with E-state index in [0.717, 1.165) is 18.9 Å². The van der Waals surface area contributed by atoms with Crippen LogP contribution in [-0.2, 0) is 24.3 Å². The number of carbonyl (C=O) groups excluding carboxylic acids is 2. The van der Waals surface area contributed by atoms with Crippen molar-refractivity contribution in [3.8, 4) is 5.75 Å². The molecule has 1 heterocycles. The number of benzene rings is 1. The summed E-state index contributed by atoms with van der Waals surface area (Å²) in [5, 5.41) is 0. The molecule has 1 saturated heterocycles. The Labute approximate surface area is 165 Å². The topological polar surface area (TPSA) is 102 Å². The van der Waals surface area contributed by atoms with Crippen LogP contribution < -0.4 is 9.46 Å². The molecule has 2 rings (SSSR count). The molecule has 0 saturated carbocycles. The van der Waals surface area contributed by atoms with Gasteiger partial charge in [0.15, 0.2) is 6.61 Å². The zero-order valence-corrected chi connectivity index (χ0v) is 17.1. The van der Waals surface area contributed by atoms with Gasteiger partial charge in [0.1, 0.15) is 10.6 Å². The second-order valence-electron chi connectivity index (χ2n) is 6.62. The summed E-state index contributed by atoms with van der Waals surface area (Å²) in [4.78, 5) is 25.6. The summed E-state index contributed by atoms with van der Waals surface area (Å²) in [6.07, 6.45) is 4.48. The average Bonchev–Trinajstić information content (AvgIpc) is 2.70. The van der Waals surface area contributed by atoms with E-state index in [1.54, 1.807) is 11.0 Å². The molecule has 28 heavy (non-hydrogen) atoms. The maximum atomic E-state index is 12.1. The molecule has 1 aliphatic rings. The number of nitrogens with zero attached hydrogens (tertiary/aromatic N) is 1. The number of rotatable bonds is 7. The van der Waals surface area contributed by atoms with Crippen LogP contribution in [0.3, 0.4) is 0 Å². The minimum atomic E-state index is -3.72. The smallest absolute Gasteiger partial charge is 0.331 e. The van der Waals surface area contributed by atoms with Gasteiger partial charge in [-0.2, -0.15) is 0 Å². The Bertz CT molecular complexity index is 842. The van der Waals surface area contributed by atoms with E-state index in [4.69, 9.17) is 9.47 Å². The van der Waals surface area contributed by atoms with Gasteiger partial charge in [-0.05, 0) is 49.6 Å². The van der Waals surface area contributed by atoms with Gasteiger partial charge in [-0.1, -0.05) is 13.0 Å². The Balaban J connectivity index is 1.96. The molecule has 0 atom stereocenters. The third kappa shape index (κ3) is 5.80. The van der Waals surface area contributed by atoms with Crippen LogP contribution >= 0.6 is 0 Å². The third-order valence-corrected chi connectivity index (χ3v) is 6.07. The van der Waals surface area contributed by atoms with Crippen molar-refractivity contribution in [1.29, 1.82) is 0 Å². The first-order valence-electron chi connectivity index (χ1n) is 9.01.